The average Bonchev–Trinajstić information content (AvgIpc) is 2.90. The quantitative estimate of drug-likeness (QED) is 0.742. The number of aliphatic imine (C=N–C) groups is 1. The van der Waals surface area contributed by atoms with E-state index in [4.69, 9.17) is 0 Å². The molecule has 0 atom stereocenters. The van der Waals surface area contributed by atoms with Crippen LogP contribution in [-0.2, 0) is 6.54 Å². The van der Waals surface area contributed by atoms with E-state index in [2.05, 4.69) is 9.56 Å². The summed E-state index contributed by atoms with van der Waals surface area (Å²) in [7, 11) is 0. The van der Waals surface area contributed by atoms with Crippen LogP contribution >= 0.6 is 0 Å². The Bertz CT molecular complexity index is 1060. The van der Waals surface area contributed by atoms with Crippen molar-refractivity contribution in [1.82, 2.24) is 4.57 Å². The number of fused-ring (bicyclic) bond motifs is 3. The predicted octanol–water partition coefficient (Wildman–Crippen LogP) is 3.77. The standard InChI is InChI=1S/C19H14FN3O/c1-11-16-10-22-5-6-23(16)18-15(12-3-2-4-14(20)7-12)8-13(9-21)19(24)17(11)18/h2-4,7-8,10,24H,5-6H2,1H3. The Kier molecular flexibility index (Phi) is 3.14. The Morgan fingerprint density at radius 1 is 1.33 bits per heavy atom. The highest BCUT2D eigenvalue weighted by Gasteiger charge is 2.23. The molecule has 2 heterocycles. The average molecular weight is 319 g/mol. The molecule has 4 nitrogen and oxygen atoms in total. The van der Waals surface area contributed by atoms with Gasteiger partial charge in [-0.2, -0.15) is 5.26 Å². The maximum atomic E-state index is 13.7. The van der Waals surface area contributed by atoms with Crippen LogP contribution in [-0.4, -0.2) is 22.4 Å². The van der Waals surface area contributed by atoms with Gasteiger partial charge in [-0.05, 0) is 36.2 Å². The molecule has 118 valence electrons. The molecule has 0 radical (unpaired) electrons. The molecular formula is C19H14FN3O. The van der Waals surface area contributed by atoms with E-state index in [9.17, 15) is 14.8 Å². The predicted molar refractivity (Wildman–Crippen MR) is 90.9 cm³/mol. The number of rotatable bonds is 1. The van der Waals surface area contributed by atoms with Gasteiger partial charge in [-0.3, -0.25) is 4.99 Å². The van der Waals surface area contributed by atoms with Crippen LogP contribution in [0.4, 0.5) is 4.39 Å². The molecule has 0 saturated heterocycles. The number of hydrogen-bond acceptors (Lipinski definition) is 3. The van der Waals surface area contributed by atoms with Gasteiger partial charge in [-0.1, -0.05) is 12.1 Å². The zero-order chi connectivity index (χ0) is 16.8. The molecule has 5 heteroatoms. The van der Waals surface area contributed by atoms with Crippen molar-refractivity contribution in [1.29, 1.82) is 5.26 Å². The third-order valence-corrected chi connectivity index (χ3v) is 4.51. The highest BCUT2D eigenvalue weighted by Crippen LogP contribution is 2.41. The smallest absolute Gasteiger partial charge is 0.143 e. The first kappa shape index (κ1) is 14.5. The van der Waals surface area contributed by atoms with Crippen molar-refractivity contribution in [3.8, 4) is 22.9 Å². The second kappa shape index (κ2) is 5.20. The van der Waals surface area contributed by atoms with Crippen molar-refractivity contribution in [3.05, 3.63) is 53.0 Å². The molecule has 0 spiro atoms. The summed E-state index contributed by atoms with van der Waals surface area (Å²) in [6, 6.07) is 9.94. The maximum absolute atomic E-state index is 13.7. The summed E-state index contributed by atoms with van der Waals surface area (Å²) in [5.74, 6) is -0.364. The number of hydrogen-bond donors (Lipinski definition) is 1. The Morgan fingerprint density at radius 2 is 2.17 bits per heavy atom. The van der Waals surface area contributed by atoms with E-state index >= 15 is 0 Å². The molecule has 2 aromatic carbocycles. The van der Waals surface area contributed by atoms with E-state index in [0.29, 0.717) is 24.0 Å². The number of aryl methyl sites for hydroxylation is 1. The molecule has 0 amide bonds. The van der Waals surface area contributed by atoms with Gasteiger partial charge in [-0.25, -0.2) is 4.39 Å². The van der Waals surface area contributed by atoms with E-state index in [1.807, 2.05) is 19.1 Å². The van der Waals surface area contributed by atoms with E-state index in [1.165, 1.54) is 12.1 Å². The first-order chi connectivity index (χ1) is 11.6. The van der Waals surface area contributed by atoms with Gasteiger partial charge in [0.15, 0.2) is 0 Å². The van der Waals surface area contributed by atoms with Crippen LogP contribution in [0.2, 0.25) is 0 Å². The normalized spacial score (nSPS) is 13.0. The molecule has 0 saturated carbocycles. The van der Waals surface area contributed by atoms with Gasteiger partial charge < -0.3 is 9.67 Å². The molecule has 0 aliphatic carbocycles. The fourth-order valence-electron chi connectivity index (χ4n) is 3.42. The summed E-state index contributed by atoms with van der Waals surface area (Å²) < 4.78 is 15.8. The number of halogens is 1. The zero-order valence-electron chi connectivity index (χ0n) is 13.0. The summed E-state index contributed by atoms with van der Waals surface area (Å²) >= 11 is 0. The number of nitriles is 1. The Morgan fingerprint density at radius 3 is 2.92 bits per heavy atom. The van der Waals surface area contributed by atoms with Gasteiger partial charge in [-0.15, -0.1) is 0 Å². The Hall–Kier alpha value is -3.13. The lowest BCUT2D eigenvalue weighted by molar-refractivity contribution is 0.480. The molecule has 24 heavy (non-hydrogen) atoms. The fourth-order valence-corrected chi connectivity index (χ4v) is 3.42. The Balaban J connectivity index is 2.19. The summed E-state index contributed by atoms with van der Waals surface area (Å²) in [5.41, 5.74) is 4.21. The second-order valence-electron chi connectivity index (χ2n) is 5.86. The molecule has 1 aromatic heterocycles. The molecule has 4 rings (SSSR count). The number of aromatic nitrogens is 1. The Labute approximate surface area is 138 Å². The third-order valence-electron chi connectivity index (χ3n) is 4.51. The van der Waals surface area contributed by atoms with Gasteiger partial charge in [0.05, 0.1) is 23.3 Å². The van der Waals surface area contributed by atoms with Crippen molar-refractivity contribution in [2.24, 2.45) is 4.99 Å². The van der Waals surface area contributed by atoms with Crippen LogP contribution in [0.15, 0.2) is 35.3 Å². The van der Waals surface area contributed by atoms with E-state index < -0.39 is 0 Å². The molecular weight excluding hydrogens is 305 g/mol. The van der Waals surface area contributed by atoms with Crippen molar-refractivity contribution in [2.45, 2.75) is 13.5 Å². The molecule has 0 fully saturated rings. The van der Waals surface area contributed by atoms with Crippen LogP contribution in [0.1, 0.15) is 16.8 Å². The molecule has 1 N–H and O–H groups in total. The van der Waals surface area contributed by atoms with Gasteiger partial charge >= 0.3 is 0 Å². The summed E-state index contributed by atoms with van der Waals surface area (Å²) in [5, 5.41) is 20.6. The molecule has 0 unspecified atom stereocenters. The monoisotopic (exact) mass is 319 g/mol. The minimum absolute atomic E-state index is 0.0274. The summed E-state index contributed by atoms with van der Waals surface area (Å²) in [6.07, 6.45) is 1.79. The number of aromatic hydroxyl groups is 1. The van der Waals surface area contributed by atoms with Crippen LogP contribution in [0.5, 0.6) is 5.75 Å². The summed E-state index contributed by atoms with van der Waals surface area (Å²) in [6.45, 7) is 3.24. The number of phenols is 1. The molecule has 1 aliphatic heterocycles. The van der Waals surface area contributed by atoms with Crippen molar-refractivity contribution < 1.29 is 9.50 Å². The number of nitrogens with zero attached hydrogens (tertiary/aromatic N) is 3. The van der Waals surface area contributed by atoms with Gasteiger partial charge in [0, 0.05) is 23.7 Å². The fraction of sp³-hybridized carbons (Fsp3) is 0.158. The highest BCUT2D eigenvalue weighted by atomic mass is 19.1. The lowest BCUT2D eigenvalue weighted by atomic mass is 9.97. The lowest BCUT2D eigenvalue weighted by Crippen LogP contribution is -2.11. The SMILES string of the molecule is Cc1c2n(c3c(-c4cccc(F)c4)cc(C#N)c(O)c13)CCN=C2. The number of benzene rings is 2. The molecule has 0 bridgehead atoms. The van der Waals surface area contributed by atoms with E-state index in [0.717, 1.165) is 22.3 Å². The van der Waals surface area contributed by atoms with Crippen molar-refractivity contribution in [3.63, 3.8) is 0 Å². The topological polar surface area (TPSA) is 61.3 Å². The van der Waals surface area contributed by atoms with Crippen LogP contribution in [0.25, 0.3) is 22.0 Å². The minimum Gasteiger partial charge on any atom is -0.506 e. The highest BCUT2D eigenvalue weighted by molar-refractivity contribution is 6.06. The zero-order valence-corrected chi connectivity index (χ0v) is 13.0. The van der Waals surface area contributed by atoms with E-state index in [-0.39, 0.29) is 17.1 Å². The third kappa shape index (κ3) is 1.93. The van der Waals surface area contributed by atoms with Crippen molar-refractivity contribution in [2.75, 3.05) is 6.54 Å². The van der Waals surface area contributed by atoms with Gasteiger partial charge in [0.1, 0.15) is 17.6 Å². The first-order valence-corrected chi connectivity index (χ1v) is 7.66. The molecule has 1 aliphatic rings. The van der Waals surface area contributed by atoms with Crippen LogP contribution in [0.3, 0.4) is 0 Å². The maximum Gasteiger partial charge on any atom is 0.143 e. The largest absolute Gasteiger partial charge is 0.506 e. The number of phenolic OH excluding ortho intramolecular Hbond substituents is 1. The van der Waals surface area contributed by atoms with E-state index in [1.54, 1.807) is 18.3 Å². The lowest BCUT2D eigenvalue weighted by Gasteiger charge is -2.14. The van der Waals surface area contributed by atoms with Crippen LogP contribution in [0, 0.1) is 24.1 Å². The first-order valence-electron chi connectivity index (χ1n) is 7.66. The summed E-state index contributed by atoms with van der Waals surface area (Å²) in [4.78, 5) is 4.31. The van der Waals surface area contributed by atoms with Crippen LogP contribution < -0.4 is 0 Å². The minimum atomic E-state index is -0.337. The molecule has 3 aromatic rings. The second-order valence-corrected chi connectivity index (χ2v) is 5.86. The van der Waals surface area contributed by atoms with Gasteiger partial charge in [0.2, 0.25) is 0 Å². The van der Waals surface area contributed by atoms with Crippen molar-refractivity contribution >= 4 is 17.1 Å². The van der Waals surface area contributed by atoms with Gasteiger partial charge in [0.25, 0.3) is 0 Å².